The van der Waals surface area contributed by atoms with Crippen LogP contribution in [0.25, 0.3) is 0 Å². The van der Waals surface area contributed by atoms with Gasteiger partial charge in [0.05, 0.1) is 6.61 Å². The zero-order valence-electron chi connectivity index (χ0n) is 11.0. The van der Waals surface area contributed by atoms with Crippen molar-refractivity contribution in [3.8, 4) is 0 Å². The summed E-state index contributed by atoms with van der Waals surface area (Å²) < 4.78 is 5.09. The van der Waals surface area contributed by atoms with Gasteiger partial charge in [-0.1, -0.05) is 60.7 Å². The lowest BCUT2D eigenvalue weighted by Gasteiger charge is -2.18. The summed E-state index contributed by atoms with van der Waals surface area (Å²) >= 11 is 0. The molecule has 0 bridgehead atoms. The van der Waals surface area contributed by atoms with Crippen LogP contribution in [0.2, 0.25) is 0 Å². The van der Waals surface area contributed by atoms with Crippen LogP contribution in [0.1, 0.15) is 6.92 Å². The third-order valence-corrected chi connectivity index (χ3v) is 5.23. The SMILES string of the molecule is CC(=O)OCCP(c1ccccc1)c1ccccc1. The number of rotatable bonds is 5. The molecule has 0 radical (unpaired) electrons. The Morgan fingerprint density at radius 2 is 1.42 bits per heavy atom. The van der Waals surface area contributed by atoms with Gasteiger partial charge in [-0.3, -0.25) is 4.79 Å². The van der Waals surface area contributed by atoms with Gasteiger partial charge < -0.3 is 4.74 Å². The van der Waals surface area contributed by atoms with Gasteiger partial charge in [0.1, 0.15) is 0 Å². The summed E-state index contributed by atoms with van der Waals surface area (Å²) in [7, 11) is -0.459. The standard InChI is InChI=1S/C16H17O2P/c1-14(17)18-12-13-19(15-8-4-2-5-9-15)16-10-6-3-7-11-16/h2-11H,12-13H2,1H3. The maximum Gasteiger partial charge on any atom is 0.302 e. The lowest BCUT2D eigenvalue weighted by atomic mass is 10.4. The van der Waals surface area contributed by atoms with Crippen molar-refractivity contribution in [1.29, 1.82) is 0 Å². The predicted octanol–water partition coefficient (Wildman–Crippen LogP) is 2.68. The fraction of sp³-hybridized carbons (Fsp3) is 0.188. The van der Waals surface area contributed by atoms with E-state index >= 15 is 0 Å². The average Bonchev–Trinajstić information content (AvgIpc) is 2.45. The summed E-state index contributed by atoms with van der Waals surface area (Å²) in [5.41, 5.74) is 0. The summed E-state index contributed by atoms with van der Waals surface area (Å²) in [6.45, 7) is 1.93. The molecule has 0 atom stereocenters. The Kier molecular flexibility index (Phi) is 5.11. The molecule has 2 aromatic rings. The van der Waals surface area contributed by atoms with Crippen LogP contribution in [0.15, 0.2) is 60.7 Å². The van der Waals surface area contributed by atoms with Crippen LogP contribution in [0.4, 0.5) is 0 Å². The maximum absolute atomic E-state index is 10.9. The van der Waals surface area contributed by atoms with Gasteiger partial charge in [-0.2, -0.15) is 0 Å². The third-order valence-electron chi connectivity index (χ3n) is 2.76. The topological polar surface area (TPSA) is 26.3 Å². The van der Waals surface area contributed by atoms with Crippen LogP contribution in [-0.4, -0.2) is 18.7 Å². The first kappa shape index (κ1) is 13.8. The molecule has 2 nitrogen and oxygen atoms in total. The Morgan fingerprint density at radius 1 is 0.947 bits per heavy atom. The van der Waals surface area contributed by atoms with Crippen LogP contribution in [0.3, 0.4) is 0 Å². The van der Waals surface area contributed by atoms with E-state index in [-0.39, 0.29) is 5.97 Å². The third kappa shape index (κ3) is 4.18. The van der Waals surface area contributed by atoms with E-state index in [9.17, 15) is 4.79 Å². The second-order valence-electron chi connectivity index (χ2n) is 4.16. The van der Waals surface area contributed by atoms with E-state index in [1.165, 1.54) is 17.5 Å². The molecule has 2 rings (SSSR count). The molecule has 0 aromatic heterocycles. The molecule has 0 amide bonds. The molecule has 0 saturated carbocycles. The van der Waals surface area contributed by atoms with E-state index in [0.29, 0.717) is 6.61 Å². The minimum absolute atomic E-state index is 0.212. The van der Waals surface area contributed by atoms with Gasteiger partial charge in [-0.15, -0.1) is 0 Å². The lowest BCUT2D eigenvalue weighted by Crippen LogP contribution is -2.17. The zero-order chi connectivity index (χ0) is 13.5. The summed E-state index contributed by atoms with van der Waals surface area (Å²) in [6, 6.07) is 20.8. The minimum Gasteiger partial charge on any atom is -0.465 e. The van der Waals surface area contributed by atoms with Crippen molar-refractivity contribution < 1.29 is 9.53 Å². The van der Waals surface area contributed by atoms with E-state index in [0.717, 1.165) is 6.16 Å². The Bertz CT molecular complexity index is 471. The molecule has 19 heavy (non-hydrogen) atoms. The van der Waals surface area contributed by atoms with E-state index < -0.39 is 7.92 Å². The molecule has 3 heteroatoms. The summed E-state index contributed by atoms with van der Waals surface area (Å²) in [6.07, 6.45) is 0.864. The van der Waals surface area contributed by atoms with Gasteiger partial charge in [0.2, 0.25) is 0 Å². The molecular formula is C16H17O2P. The first-order valence-corrected chi connectivity index (χ1v) is 7.81. The van der Waals surface area contributed by atoms with Crippen LogP contribution in [0, 0.1) is 0 Å². The fourth-order valence-corrected chi connectivity index (χ4v) is 4.06. The van der Waals surface area contributed by atoms with Crippen molar-refractivity contribution in [2.75, 3.05) is 12.8 Å². The molecule has 0 saturated heterocycles. The highest BCUT2D eigenvalue weighted by atomic mass is 31.1. The number of carbonyl (C=O) groups is 1. The number of ether oxygens (including phenoxy) is 1. The highest BCUT2D eigenvalue weighted by Gasteiger charge is 2.13. The molecule has 0 aliphatic rings. The van der Waals surface area contributed by atoms with E-state index in [2.05, 4.69) is 48.5 Å². The first-order valence-electron chi connectivity index (χ1n) is 6.28. The molecule has 0 fully saturated rings. The number of benzene rings is 2. The quantitative estimate of drug-likeness (QED) is 0.618. The van der Waals surface area contributed by atoms with E-state index in [4.69, 9.17) is 4.74 Å². The van der Waals surface area contributed by atoms with Gasteiger partial charge in [0.15, 0.2) is 0 Å². The van der Waals surface area contributed by atoms with Crippen molar-refractivity contribution in [2.45, 2.75) is 6.92 Å². The first-order chi connectivity index (χ1) is 9.27. The Morgan fingerprint density at radius 3 is 1.84 bits per heavy atom. The number of hydrogen-bond donors (Lipinski definition) is 0. The average molecular weight is 272 g/mol. The second kappa shape index (κ2) is 7.06. The molecule has 0 heterocycles. The minimum atomic E-state index is -0.459. The highest BCUT2D eigenvalue weighted by molar-refractivity contribution is 7.73. The molecule has 0 N–H and O–H groups in total. The molecule has 0 spiro atoms. The number of esters is 1. The largest absolute Gasteiger partial charge is 0.465 e. The maximum atomic E-state index is 10.9. The van der Waals surface area contributed by atoms with Crippen molar-refractivity contribution in [3.05, 3.63) is 60.7 Å². The van der Waals surface area contributed by atoms with Crippen molar-refractivity contribution in [3.63, 3.8) is 0 Å². The van der Waals surface area contributed by atoms with Crippen LogP contribution in [-0.2, 0) is 9.53 Å². The van der Waals surface area contributed by atoms with E-state index in [1.807, 2.05) is 12.1 Å². The van der Waals surface area contributed by atoms with Gasteiger partial charge in [0, 0.05) is 13.1 Å². The fourth-order valence-electron chi connectivity index (χ4n) is 1.90. The lowest BCUT2D eigenvalue weighted by molar-refractivity contribution is -0.140. The highest BCUT2D eigenvalue weighted by Crippen LogP contribution is 2.32. The molecular weight excluding hydrogens is 255 g/mol. The van der Waals surface area contributed by atoms with Crippen molar-refractivity contribution in [1.82, 2.24) is 0 Å². The molecule has 98 valence electrons. The molecule has 2 aromatic carbocycles. The van der Waals surface area contributed by atoms with Gasteiger partial charge in [-0.05, 0) is 18.5 Å². The Balaban J connectivity index is 2.17. The van der Waals surface area contributed by atoms with Crippen LogP contribution < -0.4 is 10.6 Å². The van der Waals surface area contributed by atoms with Gasteiger partial charge in [0.25, 0.3) is 0 Å². The predicted molar refractivity (Wildman–Crippen MR) is 80.6 cm³/mol. The van der Waals surface area contributed by atoms with Crippen LogP contribution in [0.5, 0.6) is 0 Å². The van der Waals surface area contributed by atoms with Crippen LogP contribution >= 0.6 is 7.92 Å². The molecule has 0 aliphatic carbocycles. The normalized spacial score (nSPS) is 10.4. The molecule has 0 aliphatic heterocycles. The Hall–Kier alpha value is -1.66. The van der Waals surface area contributed by atoms with Gasteiger partial charge >= 0.3 is 5.97 Å². The summed E-state index contributed by atoms with van der Waals surface area (Å²) in [5.74, 6) is -0.212. The second-order valence-corrected chi connectivity index (χ2v) is 6.50. The Labute approximate surface area is 115 Å². The number of carbonyl (C=O) groups excluding carboxylic acids is 1. The van der Waals surface area contributed by atoms with Crippen molar-refractivity contribution >= 4 is 24.5 Å². The monoisotopic (exact) mass is 272 g/mol. The zero-order valence-corrected chi connectivity index (χ0v) is 11.8. The number of hydrogen-bond acceptors (Lipinski definition) is 2. The summed E-state index contributed by atoms with van der Waals surface area (Å²) in [5, 5.41) is 2.63. The van der Waals surface area contributed by atoms with E-state index in [1.54, 1.807) is 0 Å². The smallest absolute Gasteiger partial charge is 0.302 e. The molecule has 0 unspecified atom stereocenters. The van der Waals surface area contributed by atoms with Crippen molar-refractivity contribution in [2.24, 2.45) is 0 Å². The van der Waals surface area contributed by atoms with Gasteiger partial charge in [-0.25, -0.2) is 0 Å². The summed E-state index contributed by atoms with van der Waals surface area (Å²) in [4.78, 5) is 10.9.